The lowest BCUT2D eigenvalue weighted by Gasteiger charge is -2.33. The maximum Gasteiger partial charge on any atom is 0.303 e. The summed E-state index contributed by atoms with van der Waals surface area (Å²) in [7, 11) is 0. The van der Waals surface area contributed by atoms with Crippen LogP contribution in [0.1, 0.15) is 37.3 Å². The van der Waals surface area contributed by atoms with Crippen molar-refractivity contribution in [3.63, 3.8) is 0 Å². The molecule has 2 atom stereocenters. The number of nitrogens with zero attached hydrogens (tertiary/aromatic N) is 2. The number of amides is 1. The van der Waals surface area contributed by atoms with Crippen LogP contribution >= 0.6 is 0 Å². The van der Waals surface area contributed by atoms with Crippen LogP contribution in [0.3, 0.4) is 0 Å². The van der Waals surface area contributed by atoms with Gasteiger partial charge in [-0.05, 0) is 92.1 Å². The Morgan fingerprint density at radius 3 is 2.65 bits per heavy atom. The van der Waals surface area contributed by atoms with Crippen LogP contribution in [0.15, 0.2) is 42.6 Å². The molecule has 0 spiro atoms. The van der Waals surface area contributed by atoms with E-state index in [9.17, 15) is 14.0 Å². The average Bonchev–Trinajstić information content (AvgIpc) is 2.77. The van der Waals surface area contributed by atoms with E-state index in [4.69, 9.17) is 9.84 Å². The van der Waals surface area contributed by atoms with E-state index in [2.05, 4.69) is 4.98 Å². The van der Waals surface area contributed by atoms with E-state index in [1.54, 1.807) is 24.1 Å². The number of aromatic nitrogens is 1. The summed E-state index contributed by atoms with van der Waals surface area (Å²) < 4.78 is 19.8. The zero-order valence-corrected chi connectivity index (χ0v) is 19.7. The molecule has 34 heavy (non-hydrogen) atoms. The summed E-state index contributed by atoms with van der Waals surface area (Å²) in [5.74, 6) is -0.727. The first kappa shape index (κ1) is 23.7. The summed E-state index contributed by atoms with van der Waals surface area (Å²) in [4.78, 5) is 30.2. The van der Waals surface area contributed by atoms with Crippen molar-refractivity contribution in [3.8, 4) is 16.9 Å². The third-order valence-corrected chi connectivity index (χ3v) is 6.44. The van der Waals surface area contributed by atoms with Crippen LogP contribution in [0.5, 0.6) is 5.75 Å². The van der Waals surface area contributed by atoms with Gasteiger partial charge >= 0.3 is 5.97 Å². The molecule has 2 heterocycles. The van der Waals surface area contributed by atoms with Gasteiger partial charge in [0.2, 0.25) is 0 Å². The van der Waals surface area contributed by atoms with Crippen LogP contribution in [-0.4, -0.2) is 46.1 Å². The Hall–Kier alpha value is -3.48. The number of aliphatic carboxylic acids is 1. The first-order chi connectivity index (χ1) is 16.2. The van der Waals surface area contributed by atoms with Crippen LogP contribution in [0, 0.1) is 25.6 Å². The molecule has 4 rings (SSSR count). The molecule has 0 bridgehead atoms. The largest absolute Gasteiger partial charge is 0.481 e. The maximum atomic E-state index is 13.8. The standard InChI is InChI=1S/C27H29FN2O4/c1-16-11-20(28)12-17(2)26(16)23-8-9-29-24-14-21(6-7-22(23)24)34-18(3)27(33)30-10-4-5-19(15-30)13-25(31)32/h6-9,11-12,14,18-19H,4-5,10,13,15H2,1-3H3,(H,31,32)/t18-,19-/m1/s1. The van der Waals surface area contributed by atoms with Crippen molar-refractivity contribution < 1.29 is 23.8 Å². The molecule has 1 fully saturated rings. The molecule has 0 saturated carbocycles. The molecule has 1 aliphatic rings. The Morgan fingerprint density at radius 1 is 1.21 bits per heavy atom. The lowest BCUT2D eigenvalue weighted by Crippen LogP contribution is -2.46. The van der Waals surface area contributed by atoms with Gasteiger partial charge in [0, 0.05) is 37.2 Å². The highest BCUT2D eigenvalue weighted by Gasteiger charge is 2.29. The fourth-order valence-electron chi connectivity index (χ4n) is 4.95. The fourth-order valence-corrected chi connectivity index (χ4v) is 4.95. The zero-order valence-electron chi connectivity index (χ0n) is 19.7. The van der Waals surface area contributed by atoms with Gasteiger partial charge in [0.1, 0.15) is 11.6 Å². The van der Waals surface area contributed by atoms with Crippen LogP contribution in [0.25, 0.3) is 22.0 Å². The van der Waals surface area contributed by atoms with Gasteiger partial charge in [-0.25, -0.2) is 4.39 Å². The van der Waals surface area contributed by atoms with E-state index in [1.807, 2.05) is 32.0 Å². The predicted octanol–water partition coefficient (Wildman–Crippen LogP) is 5.14. The van der Waals surface area contributed by atoms with Crippen molar-refractivity contribution in [1.82, 2.24) is 9.88 Å². The Morgan fingerprint density at radius 2 is 1.94 bits per heavy atom. The number of benzene rings is 2. The monoisotopic (exact) mass is 464 g/mol. The first-order valence-electron chi connectivity index (χ1n) is 11.6. The molecule has 178 valence electrons. The number of carboxylic acids is 1. The highest BCUT2D eigenvalue weighted by molar-refractivity contribution is 5.96. The summed E-state index contributed by atoms with van der Waals surface area (Å²) in [6.07, 6.45) is 2.70. The number of rotatable bonds is 6. The van der Waals surface area contributed by atoms with Crippen molar-refractivity contribution in [2.75, 3.05) is 13.1 Å². The highest BCUT2D eigenvalue weighted by atomic mass is 19.1. The van der Waals surface area contributed by atoms with E-state index in [-0.39, 0.29) is 24.1 Å². The van der Waals surface area contributed by atoms with Crippen LogP contribution in [0.4, 0.5) is 4.39 Å². The number of carbonyl (C=O) groups excluding carboxylic acids is 1. The van der Waals surface area contributed by atoms with Gasteiger partial charge in [-0.15, -0.1) is 0 Å². The van der Waals surface area contributed by atoms with E-state index in [0.29, 0.717) is 18.8 Å². The molecule has 1 amide bonds. The number of ether oxygens (including phenoxy) is 1. The number of hydrogen-bond acceptors (Lipinski definition) is 4. The summed E-state index contributed by atoms with van der Waals surface area (Å²) in [6, 6.07) is 10.5. The Kier molecular flexibility index (Phi) is 6.82. The molecule has 0 aliphatic carbocycles. The minimum Gasteiger partial charge on any atom is -0.481 e. The van der Waals surface area contributed by atoms with Crippen LogP contribution in [0.2, 0.25) is 0 Å². The number of aryl methyl sites for hydroxylation is 2. The van der Waals surface area contributed by atoms with Gasteiger partial charge in [-0.3, -0.25) is 14.6 Å². The fraction of sp³-hybridized carbons (Fsp3) is 0.370. The van der Waals surface area contributed by atoms with Gasteiger partial charge in [-0.1, -0.05) is 0 Å². The number of piperidine rings is 1. The lowest BCUT2D eigenvalue weighted by atomic mass is 9.93. The Bertz CT molecular complexity index is 1220. The number of carbonyl (C=O) groups is 2. The van der Waals surface area contributed by atoms with Crippen LogP contribution < -0.4 is 4.74 Å². The van der Waals surface area contributed by atoms with Gasteiger partial charge in [-0.2, -0.15) is 0 Å². The van der Waals surface area contributed by atoms with Crippen molar-refractivity contribution in [2.45, 2.75) is 46.1 Å². The number of hydrogen-bond donors (Lipinski definition) is 1. The second-order valence-corrected chi connectivity index (χ2v) is 9.10. The average molecular weight is 465 g/mol. The number of halogens is 1. The third kappa shape index (κ3) is 5.03. The topological polar surface area (TPSA) is 79.7 Å². The van der Waals surface area contributed by atoms with E-state index < -0.39 is 12.1 Å². The van der Waals surface area contributed by atoms with Crippen molar-refractivity contribution in [2.24, 2.45) is 5.92 Å². The molecule has 7 heteroatoms. The first-order valence-corrected chi connectivity index (χ1v) is 11.6. The number of fused-ring (bicyclic) bond motifs is 1. The molecule has 0 radical (unpaired) electrons. The molecular formula is C27H29FN2O4. The summed E-state index contributed by atoms with van der Waals surface area (Å²) >= 11 is 0. The molecule has 6 nitrogen and oxygen atoms in total. The normalized spacial score (nSPS) is 16.9. The smallest absolute Gasteiger partial charge is 0.303 e. The van der Waals surface area contributed by atoms with Crippen LogP contribution in [-0.2, 0) is 9.59 Å². The van der Waals surface area contributed by atoms with Crippen molar-refractivity contribution in [1.29, 1.82) is 0 Å². The molecule has 2 aromatic carbocycles. The molecule has 3 aromatic rings. The summed E-state index contributed by atoms with van der Waals surface area (Å²) in [5.41, 5.74) is 4.37. The van der Waals surface area contributed by atoms with Gasteiger partial charge < -0.3 is 14.7 Å². The Balaban J connectivity index is 1.54. The number of carboxylic acid groups (broad SMARTS) is 1. The number of likely N-dealkylation sites (tertiary alicyclic amines) is 1. The zero-order chi connectivity index (χ0) is 24.4. The van der Waals surface area contributed by atoms with Gasteiger partial charge in [0.15, 0.2) is 6.10 Å². The second-order valence-electron chi connectivity index (χ2n) is 9.10. The highest BCUT2D eigenvalue weighted by Crippen LogP contribution is 2.34. The summed E-state index contributed by atoms with van der Waals surface area (Å²) in [5, 5.41) is 9.98. The Labute approximate surface area is 198 Å². The molecule has 1 saturated heterocycles. The van der Waals surface area contributed by atoms with E-state index in [0.717, 1.165) is 46.0 Å². The van der Waals surface area contributed by atoms with Crippen molar-refractivity contribution >= 4 is 22.8 Å². The van der Waals surface area contributed by atoms with E-state index >= 15 is 0 Å². The second kappa shape index (κ2) is 9.79. The van der Waals surface area contributed by atoms with E-state index in [1.165, 1.54) is 12.1 Å². The quantitative estimate of drug-likeness (QED) is 0.547. The molecule has 1 aliphatic heterocycles. The third-order valence-electron chi connectivity index (χ3n) is 6.44. The van der Waals surface area contributed by atoms with Crippen molar-refractivity contribution in [3.05, 3.63) is 59.5 Å². The lowest BCUT2D eigenvalue weighted by molar-refractivity contribution is -0.143. The molecular weight excluding hydrogens is 435 g/mol. The van der Waals surface area contributed by atoms with Gasteiger partial charge in [0.25, 0.3) is 5.91 Å². The number of pyridine rings is 1. The molecule has 1 N–H and O–H groups in total. The minimum absolute atomic E-state index is 0.0240. The minimum atomic E-state index is -0.836. The SMILES string of the molecule is Cc1cc(F)cc(C)c1-c1ccnc2cc(O[C@H](C)C(=O)N3CCC[C@H](CC(=O)O)C3)ccc12. The molecule has 1 aromatic heterocycles. The summed E-state index contributed by atoms with van der Waals surface area (Å²) in [6.45, 7) is 6.55. The van der Waals surface area contributed by atoms with Gasteiger partial charge in [0.05, 0.1) is 5.52 Å². The maximum absolute atomic E-state index is 13.8. The molecule has 0 unspecified atom stereocenters. The predicted molar refractivity (Wildman–Crippen MR) is 128 cm³/mol.